The van der Waals surface area contributed by atoms with E-state index < -0.39 is 16.1 Å². The molecule has 2 aromatic carbocycles. The number of hydrogen-bond acceptors (Lipinski definition) is 8. The first kappa shape index (κ1) is 24.8. The average Bonchev–Trinajstić information content (AvgIpc) is 3.40. The van der Waals surface area contributed by atoms with Crippen LogP contribution >= 0.6 is 0 Å². The number of unbranched alkanes of at least 4 members (excludes halogenated alkanes) is 1. The SMILES string of the molecule is CC1(C(=O)Nc2ccc(NS(=O)(=O)c3cccc(-c4noc([C@@H](N)CCCCN)n4)c3)cc2)CC1. The molecule has 11 heteroatoms. The van der Waals surface area contributed by atoms with Gasteiger partial charge in [-0.2, -0.15) is 4.98 Å². The second kappa shape index (κ2) is 10.1. The van der Waals surface area contributed by atoms with Crippen molar-refractivity contribution in [2.75, 3.05) is 16.6 Å². The van der Waals surface area contributed by atoms with Crippen molar-refractivity contribution in [1.29, 1.82) is 0 Å². The molecule has 0 aliphatic heterocycles. The molecular formula is C24H30N6O4S. The molecule has 1 amide bonds. The van der Waals surface area contributed by atoms with Gasteiger partial charge < -0.3 is 21.3 Å². The highest BCUT2D eigenvalue weighted by molar-refractivity contribution is 7.92. The minimum atomic E-state index is -3.88. The lowest BCUT2D eigenvalue weighted by atomic mass is 10.1. The summed E-state index contributed by atoms with van der Waals surface area (Å²) in [5, 5.41) is 6.82. The largest absolute Gasteiger partial charge is 0.337 e. The first-order valence-electron chi connectivity index (χ1n) is 11.5. The summed E-state index contributed by atoms with van der Waals surface area (Å²) < 4.78 is 33.8. The molecule has 10 nitrogen and oxygen atoms in total. The number of nitrogens with two attached hydrogens (primary N) is 2. The Balaban J connectivity index is 1.43. The topological polar surface area (TPSA) is 166 Å². The highest BCUT2D eigenvalue weighted by Gasteiger charge is 2.44. The van der Waals surface area contributed by atoms with E-state index >= 15 is 0 Å². The summed E-state index contributed by atoms with van der Waals surface area (Å²) >= 11 is 0. The van der Waals surface area contributed by atoms with Gasteiger partial charge in [0.15, 0.2) is 0 Å². The molecule has 6 N–H and O–H groups in total. The van der Waals surface area contributed by atoms with Gasteiger partial charge in [0.1, 0.15) is 0 Å². The predicted molar refractivity (Wildman–Crippen MR) is 133 cm³/mol. The van der Waals surface area contributed by atoms with Gasteiger partial charge in [-0.25, -0.2) is 8.42 Å². The van der Waals surface area contributed by atoms with Crippen LogP contribution in [-0.2, 0) is 14.8 Å². The molecule has 1 saturated carbocycles. The van der Waals surface area contributed by atoms with Crippen molar-refractivity contribution in [2.45, 2.75) is 50.0 Å². The van der Waals surface area contributed by atoms with Crippen molar-refractivity contribution in [3.63, 3.8) is 0 Å². The van der Waals surface area contributed by atoms with Crippen molar-refractivity contribution < 1.29 is 17.7 Å². The monoisotopic (exact) mass is 498 g/mol. The Morgan fingerprint density at radius 2 is 1.86 bits per heavy atom. The third-order valence-corrected chi connectivity index (χ3v) is 7.45. The van der Waals surface area contributed by atoms with Gasteiger partial charge in [-0.3, -0.25) is 9.52 Å². The van der Waals surface area contributed by atoms with E-state index in [0.717, 1.165) is 25.7 Å². The third-order valence-electron chi connectivity index (χ3n) is 6.07. The van der Waals surface area contributed by atoms with Crippen molar-refractivity contribution in [3.05, 3.63) is 54.4 Å². The van der Waals surface area contributed by atoms with Gasteiger partial charge >= 0.3 is 0 Å². The van der Waals surface area contributed by atoms with Crippen LogP contribution in [0.1, 0.15) is 51.0 Å². The van der Waals surface area contributed by atoms with Crippen molar-refractivity contribution in [1.82, 2.24) is 10.1 Å². The maximum Gasteiger partial charge on any atom is 0.261 e. The highest BCUT2D eigenvalue weighted by atomic mass is 32.2. The van der Waals surface area contributed by atoms with E-state index in [9.17, 15) is 13.2 Å². The van der Waals surface area contributed by atoms with Crippen LogP contribution < -0.4 is 21.5 Å². The Morgan fingerprint density at radius 3 is 2.54 bits per heavy atom. The molecule has 186 valence electrons. The van der Waals surface area contributed by atoms with Gasteiger partial charge in [0, 0.05) is 22.4 Å². The number of nitrogens with one attached hydrogen (secondary N) is 2. The lowest BCUT2D eigenvalue weighted by Crippen LogP contribution is -2.21. The molecule has 4 rings (SSSR count). The standard InChI is InChI=1S/C24H30N6O4S/c1-24(12-13-24)23(31)27-17-8-10-18(11-9-17)30-35(32,33)19-6-4-5-16(15-19)21-28-22(34-29-21)20(26)7-2-3-14-25/h4-6,8-11,15,20,30H,2-3,7,12-14,25-26H2,1H3,(H,27,31)/t20-/m0/s1. The van der Waals surface area contributed by atoms with E-state index in [2.05, 4.69) is 20.2 Å². The predicted octanol–water partition coefficient (Wildman–Crippen LogP) is 3.40. The molecule has 1 fully saturated rings. The van der Waals surface area contributed by atoms with E-state index in [1.807, 2.05) is 6.92 Å². The Bertz CT molecular complexity index is 1290. The number of rotatable bonds is 11. The summed E-state index contributed by atoms with van der Waals surface area (Å²) in [5.41, 5.74) is 12.8. The van der Waals surface area contributed by atoms with Crippen LogP contribution in [0.25, 0.3) is 11.4 Å². The van der Waals surface area contributed by atoms with Crippen LogP contribution in [-0.4, -0.2) is 31.0 Å². The summed E-state index contributed by atoms with van der Waals surface area (Å²) in [5.74, 6) is 0.533. The Hall–Kier alpha value is -3.28. The van der Waals surface area contributed by atoms with E-state index in [0.29, 0.717) is 35.8 Å². The molecule has 1 aromatic heterocycles. The molecule has 3 aromatic rings. The van der Waals surface area contributed by atoms with E-state index in [-0.39, 0.29) is 22.0 Å². The van der Waals surface area contributed by atoms with Crippen molar-refractivity contribution in [3.8, 4) is 11.4 Å². The van der Waals surface area contributed by atoms with Crippen LogP contribution in [0.4, 0.5) is 11.4 Å². The molecule has 1 atom stereocenters. The minimum Gasteiger partial charge on any atom is -0.337 e. The molecule has 1 heterocycles. The van der Waals surface area contributed by atoms with Gasteiger partial charge in [-0.15, -0.1) is 0 Å². The van der Waals surface area contributed by atoms with E-state index in [4.69, 9.17) is 16.0 Å². The normalized spacial score (nSPS) is 15.4. The fraction of sp³-hybridized carbons (Fsp3) is 0.375. The van der Waals surface area contributed by atoms with Crippen LogP contribution in [0.2, 0.25) is 0 Å². The summed E-state index contributed by atoms with van der Waals surface area (Å²) in [6, 6.07) is 12.4. The molecule has 0 spiro atoms. The summed E-state index contributed by atoms with van der Waals surface area (Å²) in [7, 11) is -3.88. The Morgan fingerprint density at radius 1 is 1.14 bits per heavy atom. The number of amides is 1. The average molecular weight is 499 g/mol. The maximum atomic E-state index is 13.0. The fourth-order valence-corrected chi connectivity index (χ4v) is 4.57. The van der Waals surface area contributed by atoms with Gasteiger partial charge in [0.2, 0.25) is 17.6 Å². The second-order valence-electron chi connectivity index (χ2n) is 9.07. The number of carbonyl (C=O) groups is 1. The quantitative estimate of drug-likeness (QED) is 0.292. The number of anilines is 2. The smallest absolute Gasteiger partial charge is 0.261 e. The first-order valence-corrected chi connectivity index (χ1v) is 13.0. The molecule has 0 unspecified atom stereocenters. The van der Waals surface area contributed by atoms with Crippen LogP contribution in [0.15, 0.2) is 57.9 Å². The van der Waals surface area contributed by atoms with Crippen LogP contribution in [0, 0.1) is 5.41 Å². The molecule has 0 bridgehead atoms. The number of sulfonamides is 1. The molecule has 0 radical (unpaired) electrons. The van der Waals surface area contributed by atoms with E-state index in [1.165, 1.54) is 12.1 Å². The zero-order valence-corrected chi connectivity index (χ0v) is 20.3. The summed E-state index contributed by atoms with van der Waals surface area (Å²) in [4.78, 5) is 16.6. The summed E-state index contributed by atoms with van der Waals surface area (Å²) in [6.07, 6.45) is 4.13. The number of carbonyl (C=O) groups excluding carboxylic acids is 1. The van der Waals surface area contributed by atoms with Gasteiger partial charge in [0.25, 0.3) is 10.0 Å². The molecular weight excluding hydrogens is 468 g/mol. The molecule has 35 heavy (non-hydrogen) atoms. The van der Waals surface area contributed by atoms with Gasteiger partial charge in [0.05, 0.1) is 10.9 Å². The van der Waals surface area contributed by atoms with Gasteiger partial charge in [-0.05, 0) is 68.6 Å². The first-order chi connectivity index (χ1) is 16.7. The lowest BCUT2D eigenvalue weighted by Gasteiger charge is -2.12. The number of aromatic nitrogens is 2. The Kier molecular flexibility index (Phi) is 7.20. The number of benzene rings is 2. The molecule has 0 saturated heterocycles. The second-order valence-corrected chi connectivity index (χ2v) is 10.8. The zero-order valence-electron chi connectivity index (χ0n) is 19.5. The zero-order chi connectivity index (χ0) is 25.1. The van der Waals surface area contributed by atoms with Crippen LogP contribution in [0.3, 0.4) is 0 Å². The number of nitrogens with zero attached hydrogens (tertiary/aromatic N) is 2. The maximum absolute atomic E-state index is 13.0. The van der Waals surface area contributed by atoms with Crippen molar-refractivity contribution in [2.24, 2.45) is 16.9 Å². The number of hydrogen-bond donors (Lipinski definition) is 4. The lowest BCUT2D eigenvalue weighted by molar-refractivity contribution is -0.120. The van der Waals surface area contributed by atoms with Gasteiger partial charge in [-0.1, -0.05) is 30.6 Å². The molecule has 1 aliphatic rings. The summed E-state index contributed by atoms with van der Waals surface area (Å²) in [6.45, 7) is 2.52. The van der Waals surface area contributed by atoms with E-state index in [1.54, 1.807) is 36.4 Å². The van der Waals surface area contributed by atoms with Crippen molar-refractivity contribution >= 4 is 27.3 Å². The fourth-order valence-electron chi connectivity index (χ4n) is 3.47. The third kappa shape index (κ3) is 6.05. The molecule has 1 aliphatic carbocycles. The minimum absolute atomic E-state index is 0.0243. The Labute approximate surface area is 204 Å². The van der Waals surface area contributed by atoms with Crippen LogP contribution in [0.5, 0.6) is 0 Å². The highest BCUT2D eigenvalue weighted by Crippen LogP contribution is 2.45.